The Morgan fingerprint density at radius 1 is 1.75 bits per heavy atom. The zero-order valence-corrected chi connectivity index (χ0v) is 7.25. The monoisotopic (exact) mass is 169 g/mol. The van der Waals surface area contributed by atoms with Crippen molar-refractivity contribution in [1.82, 2.24) is 15.5 Å². The molecule has 0 aliphatic heterocycles. The molecule has 0 aliphatic carbocycles. The molecule has 4 nitrogen and oxygen atoms in total. The van der Waals surface area contributed by atoms with E-state index in [9.17, 15) is 0 Å². The molecule has 1 heterocycles. The van der Waals surface area contributed by atoms with Gasteiger partial charge in [-0.1, -0.05) is 6.92 Å². The summed E-state index contributed by atoms with van der Waals surface area (Å²) in [5, 5.41) is 18.7. The Labute approximate surface area is 72.0 Å². The number of hydrogen-bond acceptors (Lipinski definition) is 3. The Bertz CT molecular complexity index is 194. The summed E-state index contributed by atoms with van der Waals surface area (Å²) < 4.78 is 0. The quantitative estimate of drug-likeness (QED) is 0.593. The van der Waals surface area contributed by atoms with Gasteiger partial charge in [0.2, 0.25) is 0 Å². The molecular formula is C8H15N3O. The molecule has 0 spiro atoms. The summed E-state index contributed by atoms with van der Waals surface area (Å²) >= 11 is 0. The fourth-order valence-corrected chi connectivity index (χ4v) is 0.975. The first-order chi connectivity index (χ1) is 5.86. The summed E-state index contributed by atoms with van der Waals surface area (Å²) in [4.78, 5) is 0. The van der Waals surface area contributed by atoms with Crippen molar-refractivity contribution in [2.75, 3.05) is 6.61 Å². The normalized spacial score (nSPS) is 13.2. The second-order valence-corrected chi connectivity index (χ2v) is 2.75. The summed E-state index contributed by atoms with van der Waals surface area (Å²) in [5.74, 6) is 0. The predicted molar refractivity (Wildman–Crippen MR) is 46.6 cm³/mol. The molecule has 1 atom stereocenters. The van der Waals surface area contributed by atoms with Gasteiger partial charge in [-0.15, -0.1) is 0 Å². The van der Waals surface area contributed by atoms with E-state index in [2.05, 4.69) is 15.5 Å². The van der Waals surface area contributed by atoms with E-state index in [1.807, 2.05) is 13.0 Å². The van der Waals surface area contributed by atoms with Crippen LogP contribution >= 0.6 is 0 Å². The van der Waals surface area contributed by atoms with Crippen molar-refractivity contribution in [3.8, 4) is 0 Å². The topological polar surface area (TPSA) is 60.9 Å². The Morgan fingerprint density at radius 2 is 2.58 bits per heavy atom. The molecule has 12 heavy (non-hydrogen) atoms. The Kier molecular flexibility index (Phi) is 3.76. The molecule has 0 saturated carbocycles. The third-order valence-electron chi connectivity index (χ3n) is 1.85. The third kappa shape index (κ3) is 2.64. The van der Waals surface area contributed by atoms with Gasteiger partial charge in [0, 0.05) is 24.5 Å². The number of aromatic amines is 1. The lowest BCUT2D eigenvalue weighted by molar-refractivity contribution is 0.238. The standard InChI is InChI=1S/C8H15N3O/c1-2-7(6-12)9-5-8-3-4-10-11-8/h3-4,7,9,12H,2,5-6H2,1H3,(H,10,11)/t7-/m1/s1. The molecule has 1 aromatic rings. The first kappa shape index (κ1) is 9.22. The van der Waals surface area contributed by atoms with Crippen LogP contribution in [0.3, 0.4) is 0 Å². The SMILES string of the molecule is CC[C@H](CO)NCc1ccn[nH]1. The number of nitrogens with one attached hydrogen (secondary N) is 2. The first-order valence-corrected chi connectivity index (χ1v) is 4.19. The smallest absolute Gasteiger partial charge is 0.0584 e. The summed E-state index contributed by atoms with van der Waals surface area (Å²) in [6.45, 7) is 2.96. The van der Waals surface area contributed by atoms with Gasteiger partial charge < -0.3 is 10.4 Å². The lowest BCUT2D eigenvalue weighted by atomic mass is 10.2. The van der Waals surface area contributed by atoms with Crippen LogP contribution in [0.1, 0.15) is 19.0 Å². The maximum absolute atomic E-state index is 8.87. The molecule has 4 heteroatoms. The fourth-order valence-electron chi connectivity index (χ4n) is 0.975. The number of aromatic nitrogens is 2. The molecule has 0 bridgehead atoms. The van der Waals surface area contributed by atoms with Gasteiger partial charge in [-0.25, -0.2) is 0 Å². The second kappa shape index (κ2) is 4.90. The summed E-state index contributed by atoms with van der Waals surface area (Å²) in [6, 6.07) is 2.10. The molecule has 0 aromatic carbocycles. The van der Waals surface area contributed by atoms with Crippen molar-refractivity contribution in [1.29, 1.82) is 0 Å². The lowest BCUT2D eigenvalue weighted by Gasteiger charge is -2.12. The molecule has 1 rings (SSSR count). The van der Waals surface area contributed by atoms with Crippen molar-refractivity contribution in [3.63, 3.8) is 0 Å². The number of rotatable bonds is 5. The molecule has 0 amide bonds. The zero-order chi connectivity index (χ0) is 8.81. The number of aliphatic hydroxyl groups is 1. The van der Waals surface area contributed by atoms with Crippen LogP contribution in [0, 0.1) is 0 Å². The maximum Gasteiger partial charge on any atom is 0.0584 e. The van der Waals surface area contributed by atoms with Crippen molar-refractivity contribution in [2.45, 2.75) is 25.9 Å². The van der Waals surface area contributed by atoms with Gasteiger partial charge in [0.05, 0.1) is 6.61 Å². The number of aliphatic hydroxyl groups excluding tert-OH is 1. The minimum Gasteiger partial charge on any atom is -0.395 e. The van der Waals surface area contributed by atoms with Crippen LogP contribution in [-0.2, 0) is 6.54 Å². The summed E-state index contributed by atoms with van der Waals surface area (Å²) in [6.07, 6.45) is 2.65. The van der Waals surface area contributed by atoms with Crippen LogP contribution < -0.4 is 5.32 Å². The van der Waals surface area contributed by atoms with E-state index in [1.54, 1.807) is 6.20 Å². The molecule has 0 radical (unpaired) electrons. The Balaban J connectivity index is 2.25. The van der Waals surface area contributed by atoms with E-state index in [1.165, 1.54) is 0 Å². The minimum atomic E-state index is 0.185. The van der Waals surface area contributed by atoms with Gasteiger partial charge in [0.15, 0.2) is 0 Å². The number of H-pyrrole nitrogens is 1. The third-order valence-corrected chi connectivity index (χ3v) is 1.85. The minimum absolute atomic E-state index is 0.185. The van der Waals surface area contributed by atoms with Crippen LogP contribution in [-0.4, -0.2) is 28.0 Å². The molecule has 1 aromatic heterocycles. The van der Waals surface area contributed by atoms with Gasteiger partial charge in [0.1, 0.15) is 0 Å². The van der Waals surface area contributed by atoms with Crippen LogP contribution in [0.4, 0.5) is 0 Å². The van der Waals surface area contributed by atoms with E-state index in [0.717, 1.165) is 18.7 Å². The van der Waals surface area contributed by atoms with E-state index in [0.29, 0.717) is 0 Å². The van der Waals surface area contributed by atoms with Crippen LogP contribution in [0.2, 0.25) is 0 Å². The maximum atomic E-state index is 8.87. The molecule has 0 saturated heterocycles. The molecule has 3 N–H and O–H groups in total. The number of hydrogen-bond donors (Lipinski definition) is 3. The largest absolute Gasteiger partial charge is 0.395 e. The van der Waals surface area contributed by atoms with Gasteiger partial charge in [0.25, 0.3) is 0 Å². The first-order valence-electron chi connectivity index (χ1n) is 4.19. The molecule has 0 unspecified atom stereocenters. The van der Waals surface area contributed by atoms with Gasteiger partial charge in [-0.05, 0) is 12.5 Å². The van der Waals surface area contributed by atoms with E-state index in [-0.39, 0.29) is 12.6 Å². The fraction of sp³-hybridized carbons (Fsp3) is 0.625. The highest BCUT2D eigenvalue weighted by Crippen LogP contribution is 1.94. The molecule has 68 valence electrons. The highest BCUT2D eigenvalue weighted by Gasteiger charge is 2.02. The summed E-state index contributed by atoms with van der Waals surface area (Å²) in [5.41, 5.74) is 1.04. The second-order valence-electron chi connectivity index (χ2n) is 2.75. The Morgan fingerprint density at radius 3 is 3.08 bits per heavy atom. The highest BCUT2D eigenvalue weighted by atomic mass is 16.3. The predicted octanol–water partition coefficient (Wildman–Crippen LogP) is 0.270. The van der Waals surface area contributed by atoms with Crippen LogP contribution in [0.5, 0.6) is 0 Å². The average Bonchev–Trinajstić information content (AvgIpc) is 2.59. The summed E-state index contributed by atoms with van der Waals surface area (Å²) in [7, 11) is 0. The van der Waals surface area contributed by atoms with E-state index >= 15 is 0 Å². The van der Waals surface area contributed by atoms with Crippen LogP contribution in [0.25, 0.3) is 0 Å². The van der Waals surface area contributed by atoms with E-state index in [4.69, 9.17) is 5.11 Å². The van der Waals surface area contributed by atoms with Crippen molar-refractivity contribution in [2.24, 2.45) is 0 Å². The number of nitrogens with zero attached hydrogens (tertiary/aromatic N) is 1. The lowest BCUT2D eigenvalue weighted by Crippen LogP contribution is -2.31. The van der Waals surface area contributed by atoms with E-state index < -0.39 is 0 Å². The van der Waals surface area contributed by atoms with Crippen molar-refractivity contribution >= 4 is 0 Å². The molecule has 0 fully saturated rings. The van der Waals surface area contributed by atoms with Gasteiger partial charge >= 0.3 is 0 Å². The average molecular weight is 169 g/mol. The van der Waals surface area contributed by atoms with Crippen molar-refractivity contribution < 1.29 is 5.11 Å². The van der Waals surface area contributed by atoms with Crippen LogP contribution in [0.15, 0.2) is 12.3 Å². The molecule has 0 aliphatic rings. The van der Waals surface area contributed by atoms with Gasteiger partial charge in [-0.3, -0.25) is 5.10 Å². The highest BCUT2D eigenvalue weighted by molar-refractivity contribution is 4.96. The van der Waals surface area contributed by atoms with Crippen molar-refractivity contribution in [3.05, 3.63) is 18.0 Å². The van der Waals surface area contributed by atoms with Gasteiger partial charge in [-0.2, -0.15) is 5.10 Å². The zero-order valence-electron chi connectivity index (χ0n) is 7.25. The molecular weight excluding hydrogens is 154 g/mol. The Hall–Kier alpha value is -0.870.